The molecule has 1 fully saturated rings. The third-order valence-electron chi connectivity index (χ3n) is 3.64. The highest BCUT2D eigenvalue weighted by atomic mass is 16.1. The molecule has 0 spiro atoms. The lowest BCUT2D eigenvalue weighted by Gasteiger charge is -2.07. The maximum Gasteiger partial charge on any atom is 0.251 e. The molecule has 1 N–H and O–H groups in total. The minimum atomic E-state index is -0.0259. The van der Waals surface area contributed by atoms with E-state index in [1.54, 1.807) is 13.0 Å². The van der Waals surface area contributed by atoms with Crippen LogP contribution >= 0.6 is 0 Å². The molecule has 2 aromatic carbocycles. The van der Waals surface area contributed by atoms with Gasteiger partial charge in [0.2, 0.25) is 0 Å². The lowest BCUT2D eigenvalue weighted by atomic mass is 10.00. The summed E-state index contributed by atoms with van der Waals surface area (Å²) in [7, 11) is 0. The van der Waals surface area contributed by atoms with E-state index in [2.05, 4.69) is 5.32 Å². The maximum absolute atomic E-state index is 12.1. The van der Waals surface area contributed by atoms with Crippen LogP contribution in [0.25, 0.3) is 11.1 Å². The number of rotatable bonds is 4. The predicted octanol–water partition coefficient (Wildman–Crippen LogP) is 3.45. The summed E-state index contributed by atoms with van der Waals surface area (Å²) in [4.78, 5) is 23.6. The number of hydrogen-bond donors (Lipinski definition) is 1. The average Bonchev–Trinajstić information content (AvgIpc) is 3.31. The molecule has 0 unspecified atom stereocenters. The summed E-state index contributed by atoms with van der Waals surface area (Å²) in [5.74, 6) is 0.0153. The van der Waals surface area contributed by atoms with Crippen molar-refractivity contribution in [3.63, 3.8) is 0 Å². The van der Waals surface area contributed by atoms with Gasteiger partial charge in [0.15, 0.2) is 5.78 Å². The monoisotopic (exact) mass is 279 g/mol. The number of carbonyl (C=O) groups is 2. The zero-order valence-corrected chi connectivity index (χ0v) is 11.9. The molecule has 3 nitrogen and oxygen atoms in total. The van der Waals surface area contributed by atoms with Gasteiger partial charge in [0.05, 0.1) is 0 Å². The van der Waals surface area contributed by atoms with Crippen molar-refractivity contribution in [3.05, 3.63) is 59.7 Å². The molecule has 0 bridgehead atoms. The van der Waals surface area contributed by atoms with E-state index in [4.69, 9.17) is 0 Å². The Hall–Kier alpha value is -2.42. The third-order valence-corrected chi connectivity index (χ3v) is 3.64. The molecule has 1 saturated carbocycles. The van der Waals surface area contributed by atoms with Crippen LogP contribution in [0.4, 0.5) is 0 Å². The largest absolute Gasteiger partial charge is 0.349 e. The normalized spacial score (nSPS) is 13.8. The molecule has 21 heavy (non-hydrogen) atoms. The van der Waals surface area contributed by atoms with Crippen molar-refractivity contribution in [1.82, 2.24) is 5.32 Å². The molecule has 1 amide bonds. The molecule has 106 valence electrons. The van der Waals surface area contributed by atoms with Crippen LogP contribution < -0.4 is 5.32 Å². The molecule has 0 aromatic heterocycles. The Morgan fingerprint density at radius 2 is 1.52 bits per heavy atom. The van der Waals surface area contributed by atoms with Gasteiger partial charge in [-0.3, -0.25) is 9.59 Å². The summed E-state index contributed by atoms with van der Waals surface area (Å²) < 4.78 is 0. The average molecular weight is 279 g/mol. The fourth-order valence-corrected chi connectivity index (χ4v) is 2.25. The first-order valence-corrected chi connectivity index (χ1v) is 7.16. The zero-order valence-electron chi connectivity index (χ0n) is 11.9. The van der Waals surface area contributed by atoms with Crippen molar-refractivity contribution in [2.24, 2.45) is 0 Å². The van der Waals surface area contributed by atoms with E-state index in [0.717, 1.165) is 24.0 Å². The lowest BCUT2D eigenvalue weighted by Crippen LogP contribution is -2.25. The minimum absolute atomic E-state index is 0.0259. The Morgan fingerprint density at radius 1 is 0.952 bits per heavy atom. The van der Waals surface area contributed by atoms with E-state index in [-0.39, 0.29) is 11.7 Å². The predicted molar refractivity (Wildman–Crippen MR) is 82.4 cm³/mol. The van der Waals surface area contributed by atoms with Gasteiger partial charge < -0.3 is 5.32 Å². The fraction of sp³-hybridized carbons (Fsp3) is 0.222. The summed E-state index contributed by atoms with van der Waals surface area (Å²) in [5, 5.41) is 2.99. The molecule has 3 heteroatoms. The van der Waals surface area contributed by atoms with E-state index in [9.17, 15) is 9.59 Å². The summed E-state index contributed by atoms with van der Waals surface area (Å²) in [6.45, 7) is 1.55. The Balaban J connectivity index is 1.89. The van der Waals surface area contributed by atoms with E-state index >= 15 is 0 Å². The first kappa shape index (κ1) is 13.6. The number of hydrogen-bond acceptors (Lipinski definition) is 2. The van der Waals surface area contributed by atoms with Crippen LogP contribution in [-0.4, -0.2) is 17.7 Å². The van der Waals surface area contributed by atoms with Gasteiger partial charge in [-0.2, -0.15) is 0 Å². The van der Waals surface area contributed by atoms with E-state index in [1.807, 2.05) is 42.5 Å². The van der Waals surface area contributed by atoms with Gasteiger partial charge in [0.25, 0.3) is 5.91 Å². The second-order valence-corrected chi connectivity index (χ2v) is 5.47. The van der Waals surface area contributed by atoms with E-state index < -0.39 is 0 Å². The molecule has 1 aliphatic rings. The molecule has 0 aliphatic heterocycles. The lowest BCUT2D eigenvalue weighted by molar-refractivity contribution is 0.0950. The van der Waals surface area contributed by atoms with Gasteiger partial charge in [-0.1, -0.05) is 30.3 Å². The minimum Gasteiger partial charge on any atom is -0.349 e. The van der Waals surface area contributed by atoms with Crippen molar-refractivity contribution in [3.8, 4) is 11.1 Å². The Kier molecular flexibility index (Phi) is 3.57. The van der Waals surface area contributed by atoms with E-state index in [1.165, 1.54) is 0 Å². The van der Waals surface area contributed by atoms with Crippen LogP contribution in [-0.2, 0) is 0 Å². The van der Waals surface area contributed by atoms with Crippen LogP contribution in [0.5, 0.6) is 0 Å². The Morgan fingerprint density at radius 3 is 2.10 bits per heavy atom. The second-order valence-electron chi connectivity index (χ2n) is 5.47. The third kappa shape index (κ3) is 3.19. The Bertz CT molecular complexity index is 702. The number of ketones is 1. The van der Waals surface area contributed by atoms with Gasteiger partial charge in [0.1, 0.15) is 0 Å². The highest BCUT2D eigenvalue weighted by Crippen LogP contribution is 2.23. The molecule has 0 heterocycles. The number of benzene rings is 2. The summed E-state index contributed by atoms with van der Waals surface area (Å²) >= 11 is 0. The van der Waals surface area contributed by atoms with Crippen LogP contribution in [0.1, 0.15) is 40.5 Å². The highest BCUT2D eigenvalue weighted by molar-refractivity contribution is 5.97. The van der Waals surface area contributed by atoms with Crippen molar-refractivity contribution >= 4 is 11.7 Å². The standard InChI is InChI=1S/C18H17NO2/c1-12(20)13-4-2-5-14(10-13)15-6-3-7-16(11-15)18(21)19-17-8-9-17/h2-7,10-11,17H,8-9H2,1H3,(H,19,21). The molecule has 2 aromatic rings. The molecular weight excluding hydrogens is 262 g/mol. The van der Waals surface area contributed by atoms with Crippen molar-refractivity contribution in [2.75, 3.05) is 0 Å². The van der Waals surface area contributed by atoms with E-state index in [0.29, 0.717) is 17.2 Å². The molecule has 0 saturated heterocycles. The van der Waals surface area contributed by atoms with Gasteiger partial charge in [-0.05, 0) is 49.1 Å². The number of nitrogens with one attached hydrogen (secondary N) is 1. The van der Waals surface area contributed by atoms with Crippen molar-refractivity contribution in [1.29, 1.82) is 0 Å². The van der Waals surface area contributed by atoms with Crippen LogP contribution in [0.3, 0.4) is 0 Å². The topological polar surface area (TPSA) is 46.2 Å². The number of Topliss-reactive ketones (excluding diaryl/α,β-unsaturated/α-hetero) is 1. The van der Waals surface area contributed by atoms with Gasteiger partial charge in [-0.25, -0.2) is 0 Å². The van der Waals surface area contributed by atoms with Crippen LogP contribution in [0, 0.1) is 0 Å². The Labute approximate surface area is 124 Å². The van der Waals surface area contributed by atoms with Gasteiger partial charge >= 0.3 is 0 Å². The summed E-state index contributed by atoms with van der Waals surface area (Å²) in [5.41, 5.74) is 3.23. The zero-order chi connectivity index (χ0) is 14.8. The van der Waals surface area contributed by atoms with Crippen LogP contribution in [0.2, 0.25) is 0 Å². The first-order chi connectivity index (χ1) is 10.1. The van der Waals surface area contributed by atoms with Crippen molar-refractivity contribution < 1.29 is 9.59 Å². The quantitative estimate of drug-likeness (QED) is 0.871. The van der Waals surface area contributed by atoms with Crippen molar-refractivity contribution in [2.45, 2.75) is 25.8 Å². The highest BCUT2D eigenvalue weighted by Gasteiger charge is 2.23. The maximum atomic E-state index is 12.1. The number of carbonyl (C=O) groups excluding carboxylic acids is 2. The SMILES string of the molecule is CC(=O)c1cccc(-c2cccc(C(=O)NC3CC3)c2)c1. The first-order valence-electron chi connectivity index (χ1n) is 7.16. The van der Waals surface area contributed by atoms with Gasteiger partial charge in [0, 0.05) is 17.2 Å². The molecule has 1 aliphatic carbocycles. The molecule has 0 atom stereocenters. The summed E-state index contributed by atoms with van der Waals surface area (Å²) in [6, 6.07) is 15.3. The summed E-state index contributed by atoms with van der Waals surface area (Å²) in [6.07, 6.45) is 2.15. The smallest absolute Gasteiger partial charge is 0.251 e. The van der Waals surface area contributed by atoms with Crippen LogP contribution in [0.15, 0.2) is 48.5 Å². The van der Waals surface area contributed by atoms with Gasteiger partial charge in [-0.15, -0.1) is 0 Å². The molecule has 0 radical (unpaired) electrons. The molecule has 3 rings (SSSR count). The fourth-order valence-electron chi connectivity index (χ4n) is 2.25. The number of amides is 1. The molecular formula is C18H17NO2. The second kappa shape index (κ2) is 5.52.